The van der Waals surface area contributed by atoms with Crippen molar-refractivity contribution in [1.82, 2.24) is 4.90 Å². The summed E-state index contributed by atoms with van der Waals surface area (Å²) < 4.78 is 0. The predicted molar refractivity (Wildman–Crippen MR) is 61.0 cm³/mol. The summed E-state index contributed by atoms with van der Waals surface area (Å²) in [5.74, 6) is -1.03. The summed E-state index contributed by atoms with van der Waals surface area (Å²) in [4.78, 5) is 23.3. The van der Waals surface area contributed by atoms with Gasteiger partial charge >= 0.3 is 5.97 Å². The molecule has 0 heterocycles. The fourth-order valence-electron chi connectivity index (χ4n) is 1.53. The molecule has 0 atom stereocenters. The second kappa shape index (κ2) is 6.10. The summed E-state index contributed by atoms with van der Waals surface area (Å²) in [6, 6.07) is 0. The van der Waals surface area contributed by atoms with Gasteiger partial charge in [-0.1, -0.05) is 17.7 Å². The Bertz CT molecular complexity index is 331. The lowest BCUT2D eigenvalue weighted by molar-refractivity contribution is -0.137. The van der Waals surface area contributed by atoms with Gasteiger partial charge in [0.2, 0.25) is 5.91 Å². The number of likely N-dealkylation sites (N-methyl/N-ethyl adjacent to an activating group) is 1. The fraction of sp³-hybridized carbons (Fsp3) is 0.500. The molecule has 0 saturated heterocycles. The molecule has 4 nitrogen and oxygen atoms in total. The SMILES string of the molecule is CN(CCC(=O)O)C(=O)/C=C/C1=CCCC1. The molecule has 1 aliphatic carbocycles. The van der Waals surface area contributed by atoms with Crippen molar-refractivity contribution < 1.29 is 14.7 Å². The van der Waals surface area contributed by atoms with E-state index in [9.17, 15) is 9.59 Å². The molecular weight excluding hydrogens is 206 g/mol. The third kappa shape index (κ3) is 4.29. The third-order valence-corrected chi connectivity index (χ3v) is 2.55. The first-order valence-corrected chi connectivity index (χ1v) is 5.43. The van der Waals surface area contributed by atoms with Crippen LogP contribution >= 0.6 is 0 Å². The van der Waals surface area contributed by atoms with Gasteiger partial charge in [-0.25, -0.2) is 0 Å². The van der Waals surface area contributed by atoms with E-state index < -0.39 is 5.97 Å². The largest absolute Gasteiger partial charge is 0.481 e. The van der Waals surface area contributed by atoms with Crippen molar-refractivity contribution in [1.29, 1.82) is 0 Å². The van der Waals surface area contributed by atoms with Crippen LogP contribution in [0.4, 0.5) is 0 Å². The first kappa shape index (κ1) is 12.5. The quantitative estimate of drug-likeness (QED) is 0.720. The molecule has 0 spiro atoms. The molecular formula is C12H17NO3. The van der Waals surface area contributed by atoms with Gasteiger partial charge < -0.3 is 10.0 Å². The zero-order valence-corrected chi connectivity index (χ0v) is 9.48. The monoisotopic (exact) mass is 223 g/mol. The maximum absolute atomic E-state index is 11.5. The maximum atomic E-state index is 11.5. The van der Waals surface area contributed by atoms with Crippen molar-refractivity contribution in [2.75, 3.05) is 13.6 Å². The fourth-order valence-corrected chi connectivity index (χ4v) is 1.53. The zero-order valence-electron chi connectivity index (χ0n) is 9.48. The van der Waals surface area contributed by atoms with Gasteiger partial charge in [0, 0.05) is 19.7 Å². The highest BCUT2D eigenvalue weighted by molar-refractivity contribution is 5.88. The van der Waals surface area contributed by atoms with Gasteiger partial charge in [0.05, 0.1) is 6.42 Å². The molecule has 1 amide bonds. The molecule has 4 heteroatoms. The van der Waals surface area contributed by atoms with Crippen LogP contribution in [0.1, 0.15) is 25.7 Å². The summed E-state index contributed by atoms with van der Waals surface area (Å²) in [7, 11) is 1.61. The highest BCUT2D eigenvalue weighted by atomic mass is 16.4. The summed E-state index contributed by atoms with van der Waals surface area (Å²) in [5, 5.41) is 8.48. The predicted octanol–water partition coefficient (Wildman–Crippen LogP) is 1.59. The number of amides is 1. The average molecular weight is 223 g/mol. The number of allylic oxidation sites excluding steroid dienone is 3. The molecule has 1 aliphatic rings. The Labute approximate surface area is 95.2 Å². The first-order valence-electron chi connectivity index (χ1n) is 5.43. The van der Waals surface area contributed by atoms with E-state index >= 15 is 0 Å². The number of aliphatic carboxylic acids is 1. The van der Waals surface area contributed by atoms with Crippen LogP contribution in [-0.4, -0.2) is 35.5 Å². The Morgan fingerprint density at radius 3 is 2.88 bits per heavy atom. The number of hydrogen-bond donors (Lipinski definition) is 1. The normalized spacial score (nSPS) is 15.2. The minimum atomic E-state index is -0.887. The molecule has 16 heavy (non-hydrogen) atoms. The number of carboxylic acid groups (broad SMARTS) is 1. The van der Waals surface area contributed by atoms with Gasteiger partial charge in [0.15, 0.2) is 0 Å². The number of hydrogen-bond acceptors (Lipinski definition) is 2. The van der Waals surface area contributed by atoms with E-state index in [-0.39, 0.29) is 18.9 Å². The van der Waals surface area contributed by atoms with Crippen LogP contribution in [0.5, 0.6) is 0 Å². The van der Waals surface area contributed by atoms with Crippen LogP contribution in [0.15, 0.2) is 23.8 Å². The van der Waals surface area contributed by atoms with E-state index in [0.29, 0.717) is 0 Å². The number of carbonyl (C=O) groups is 2. The van der Waals surface area contributed by atoms with Crippen molar-refractivity contribution in [3.63, 3.8) is 0 Å². The second-order valence-electron chi connectivity index (χ2n) is 3.91. The Morgan fingerprint density at radius 1 is 1.56 bits per heavy atom. The molecule has 0 unspecified atom stereocenters. The summed E-state index contributed by atoms with van der Waals surface area (Å²) in [5.41, 5.74) is 1.19. The minimum absolute atomic E-state index is 0.0151. The van der Waals surface area contributed by atoms with E-state index in [4.69, 9.17) is 5.11 Å². The van der Waals surface area contributed by atoms with E-state index in [1.54, 1.807) is 7.05 Å². The number of carbonyl (C=O) groups excluding carboxylic acids is 1. The lowest BCUT2D eigenvalue weighted by atomic mass is 10.2. The minimum Gasteiger partial charge on any atom is -0.481 e. The topological polar surface area (TPSA) is 57.6 Å². The number of nitrogens with zero attached hydrogens (tertiary/aromatic N) is 1. The first-order chi connectivity index (χ1) is 7.59. The van der Waals surface area contributed by atoms with E-state index in [1.807, 2.05) is 6.08 Å². The Hall–Kier alpha value is -1.58. The van der Waals surface area contributed by atoms with Gasteiger partial charge in [0.1, 0.15) is 0 Å². The van der Waals surface area contributed by atoms with Crippen LogP contribution in [0, 0.1) is 0 Å². The van der Waals surface area contributed by atoms with Gasteiger partial charge in [-0.15, -0.1) is 0 Å². The van der Waals surface area contributed by atoms with E-state index in [2.05, 4.69) is 6.08 Å². The van der Waals surface area contributed by atoms with Gasteiger partial charge in [0.25, 0.3) is 0 Å². The van der Waals surface area contributed by atoms with Crippen molar-refractivity contribution in [3.05, 3.63) is 23.8 Å². The lowest BCUT2D eigenvalue weighted by Gasteiger charge is -2.13. The molecule has 0 aliphatic heterocycles. The van der Waals surface area contributed by atoms with Gasteiger partial charge in [-0.05, 0) is 19.3 Å². The summed E-state index contributed by atoms with van der Waals surface area (Å²) in [6.45, 7) is 0.248. The standard InChI is InChI=1S/C12H17NO3/c1-13(9-8-12(15)16)11(14)7-6-10-4-2-3-5-10/h4,6-7H,2-3,5,8-9H2,1H3,(H,15,16)/b7-6+. The van der Waals surface area contributed by atoms with Crippen LogP contribution in [-0.2, 0) is 9.59 Å². The molecule has 0 saturated carbocycles. The Morgan fingerprint density at radius 2 is 2.31 bits per heavy atom. The Balaban J connectivity index is 2.35. The van der Waals surface area contributed by atoms with Gasteiger partial charge in [-0.2, -0.15) is 0 Å². The molecule has 88 valence electrons. The smallest absolute Gasteiger partial charge is 0.305 e. The number of rotatable bonds is 5. The molecule has 0 aromatic carbocycles. The number of carboxylic acids is 1. The molecule has 0 bridgehead atoms. The van der Waals surface area contributed by atoms with Crippen molar-refractivity contribution in [2.45, 2.75) is 25.7 Å². The second-order valence-corrected chi connectivity index (χ2v) is 3.91. The van der Waals surface area contributed by atoms with Crippen molar-refractivity contribution in [3.8, 4) is 0 Å². The molecule has 1 N–H and O–H groups in total. The zero-order chi connectivity index (χ0) is 12.0. The molecule has 0 aromatic rings. The lowest BCUT2D eigenvalue weighted by Crippen LogP contribution is -2.27. The molecule has 0 aromatic heterocycles. The van der Waals surface area contributed by atoms with Crippen LogP contribution in [0.2, 0.25) is 0 Å². The highest BCUT2D eigenvalue weighted by Gasteiger charge is 2.07. The molecule has 1 rings (SSSR count). The van der Waals surface area contributed by atoms with Gasteiger partial charge in [-0.3, -0.25) is 9.59 Å². The molecule has 0 radical (unpaired) electrons. The van der Waals surface area contributed by atoms with Crippen LogP contribution < -0.4 is 0 Å². The maximum Gasteiger partial charge on any atom is 0.305 e. The van der Waals surface area contributed by atoms with E-state index in [1.165, 1.54) is 16.5 Å². The Kier molecular flexibility index (Phi) is 4.76. The average Bonchev–Trinajstić information content (AvgIpc) is 2.75. The van der Waals surface area contributed by atoms with Crippen molar-refractivity contribution in [2.24, 2.45) is 0 Å². The summed E-state index contributed by atoms with van der Waals surface area (Å²) in [6.07, 6.45) is 8.72. The summed E-state index contributed by atoms with van der Waals surface area (Å²) >= 11 is 0. The van der Waals surface area contributed by atoms with Crippen molar-refractivity contribution >= 4 is 11.9 Å². The highest BCUT2D eigenvalue weighted by Crippen LogP contribution is 2.18. The van der Waals surface area contributed by atoms with Crippen LogP contribution in [0.3, 0.4) is 0 Å². The van der Waals surface area contributed by atoms with Crippen LogP contribution in [0.25, 0.3) is 0 Å². The molecule has 0 fully saturated rings. The van der Waals surface area contributed by atoms with E-state index in [0.717, 1.165) is 19.3 Å². The third-order valence-electron chi connectivity index (χ3n) is 2.55.